The molecule has 1 heterocycles. The zero-order valence-electron chi connectivity index (χ0n) is 12.4. The second-order valence-electron chi connectivity index (χ2n) is 4.97. The van der Waals surface area contributed by atoms with Crippen LogP contribution in [0.15, 0.2) is 0 Å². The molecule has 26 heavy (non-hydrogen) atoms. The van der Waals surface area contributed by atoms with E-state index in [1.54, 1.807) is 0 Å². The van der Waals surface area contributed by atoms with Crippen LogP contribution in [0.25, 0.3) is 0 Å². The van der Waals surface area contributed by atoms with Gasteiger partial charge in [0.05, 0.1) is 0 Å². The van der Waals surface area contributed by atoms with Crippen molar-refractivity contribution < 1.29 is 70.8 Å². The number of rotatable bonds is 4. The van der Waals surface area contributed by atoms with Crippen LogP contribution in [0.4, 0.5) is 52.7 Å². The monoisotopic (exact) mass is 440 g/mol. The first-order chi connectivity index (χ1) is 11.2. The van der Waals surface area contributed by atoms with Crippen molar-refractivity contribution in [3.63, 3.8) is 0 Å². The summed E-state index contributed by atoms with van der Waals surface area (Å²) in [6.07, 6.45) is -32.5. The third-order valence-corrected chi connectivity index (χ3v) is 6.99. The predicted octanol–water partition coefficient (Wildman–Crippen LogP) is 4.90. The van der Waals surface area contributed by atoms with Gasteiger partial charge in [-0.2, -0.15) is 0 Å². The van der Waals surface area contributed by atoms with E-state index in [1.807, 2.05) is 0 Å². The molecule has 0 amide bonds. The molecule has 1 aliphatic rings. The van der Waals surface area contributed by atoms with Crippen LogP contribution in [0, 0.1) is 0 Å². The van der Waals surface area contributed by atoms with Gasteiger partial charge in [0.15, 0.2) is 0 Å². The maximum atomic E-state index is 12.8. The van der Waals surface area contributed by atoms with Crippen molar-refractivity contribution >= 4 is 7.51 Å². The summed E-state index contributed by atoms with van der Waals surface area (Å²) in [7, 11) is -6.16. The summed E-state index contributed by atoms with van der Waals surface area (Å²) in [6, 6.07) is 0. The molecule has 0 radical (unpaired) electrons. The summed E-state index contributed by atoms with van der Waals surface area (Å²) in [6.45, 7) is 0. The molecule has 1 saturated heterocycles. The van der Waals surface area contributed by atoms with E-state index in [-0.39, 0.29) is 14.2 Å². The second-order valence-corrected chi connectivity index (χ2v) is 8.34. The van der Waals surface area contributed by atoms with Gasteiger partial charge in [-0.1, -0.05) is 0 Å². The molecule has 1 fully saturated rings. The zero-order chi connectivity index (χ0) is 21.1. The SMILES string of the molecule is COP1(OC)(OC(C(F)(F)F)C(F)(F)F)CC(C(F)(F)F)(C(F)(F)F)O1. The Hall–Kier alpha value is -0.570. The molecule has 158 valence electrons. The Morgan fingerprint density at radius 3 is 1.27 bits per heavy atom. The number of halogens is 12. The van der Waals surface area contributed by atoms with E-state index in [2.05, 4.69) is 18.1 Å². The van der Waals surface area contributed by atoms with Gasteiger partial charge in [-0.15, -0.1) is 0 Å². The molecule has 0 unspecified atom stereocenters. The van der Waals surface area contributed by atoms with Crippen LogP contribution >= 0.6 is 7.51 Å². The molecule has 0 bridgehead atoms. The summed E-state index contributed by atoms with van der Waals surface area (Å²) in [5.41, 5.74) is -5.12. The zero-order valence-corrected chi connectivity index (χ0v) is 13.3. The molecule has 1 aliphatic heterocycles. The number of hydrogen-bond acceptors (Lipinski definition) is 4. The van der Waals surface area contributed by atoms with E-state index < -0.39 is 50.1 Å². The second kappa shape index (κ2) is 5.96. The molecule has 0 aromatic rings. The van der Waals surface area contributed by atoms with Gasteiger partial charge in [0, 0.05) is 0 Å². The van der Waals surface area contributed by atoms with E-state index >= 15 is 0 Å². The third-order valence-electron chi connectivity index (χ3n) is 3.34. The summed E-state index contributed by atoms with van der Waals surface area (Å²) in [5.74, 6) is 0. The fraction of sp³-hybridized carbons (Fsp3) is 1.00. The normalized spacial score (nSPS) is 24.7. The van der Waals surface area contributed by atoms with Crippen LogP contribution in [-0.4, -0.2) is 56.8 Å². The van der Waals surface area contributed by atoms with Crippen molar-refractivity contribution in [1.82, 2.24) is 0 Å². The van der Waals surface area contributed by atoms with Gasteiger partial charge in [0.2, 0.25) is 0 Å². The third kappa shape index (κ3) is 3.57. The first-order valence-electron chi connectivity index (χ1n) is 6.00. The van der Waals surface area contributed by atoms with Gasteiger partial charge in [0.1, 0.15) is 0 Å². The fourth-order valence-corrected chi connectivity index (χ4v) is 5.40. The molecular formula is C9H9F12O4P. The molecule has 0 N–H and O–H groups in total. The van der Waals surface area contributed by atoms with Crippen molar-refractivity contribution in [3.8, 4) is 0 Å². The molecule has 0 atom stereocenters. The summed E-state index contributed by atoms with van der Waals surface area (Å²) in [4.78, 5) is 0. The Kier molecular flexibility index (Phi) is 5.38. The molecule has 0 saturated carbocycles. The van der Waals surface area contributed by atoms with Gasteiger partial charge in [-0.25, -0.2) is 0 Å². The van der Waals surface area contributed by atoms with Gasteiger partial charge in [0.25, 0.3) is 0 Å². The molecule has 0 aliphatic carbocycles. The Morgan fingerprint density at radius 2 is 1.08 bits per heavy atom. The summed E-state index contributed by atoms with van der Waals surface area (Å²) >= 11 is 0. The molecule has 0 aromatic heterocycles. The van der Waals surface area contributed by atoms with Crippen LogP contribution in [0.3, 0.4) is 0 Å². The van der Waals surface area contributed by atoms with Gasteiger partial charge >= 0.3 is 135 Å². The Morgan fingerprint density at radius 1 is 0.769 bits per heavy atom. The van der Waals surface area contributed by atoms with Crippen LogP contribution < -0.4 is 0 Å². The van der Waals surface area contributed by atoms with E-state index in [4.69, 9.17) is 0 Å². The minimum absolute atomic E-state index is 0.196. The Bertz CT molecular complexity index is 483. The quantitative estimate of drug-likeness (QED) is 0.461. The van der Waals surface area contributed by atoms with Gasteiger partial charge in [-0.05, 0) is 0 Å². The predicted molar refractivity (Wildman–Crippen MR) is 58.7 cm³/mol. The van der Waals surface area contributed by atoms with Crippen LogP contribution in [-0.2, 0) is 18.1 Å². The Balaban J connectivity index is 3.45. The molecule has 4 nitrogen and oxygen atoms in total. The van der Waals surface area contributed by atoms with Crippen LogP contribution in [0.2, 0.25) is 0 Å². The number of alkyl halides is 12. The molecule has 1 rings (SSSR count). The number of hydrogen-bond donors (Lipinski definition) is 0. The van der Waals surface area contributed by atoms with E-state index in [1.165, 1.54) is 0 Å². The topological polar surface area (TPSA) is 36.9 Å². The minimum atomic E-state index is -6.55. The summed E-state index contributed by atoms with van der Waals surface area (Å²) in [5, 5.41) is 0. The van der Waals surface area contributed by atoms with Crippen molar-refractivity contribution in [2.24, 2.45) is 0 Å². The van der Waals surface area contributed by atoms with Gasteiger partial charge < -0.3 is 0 Å². The van der Waals surface area contributed by atoms with E-state index in [9.17, 15) is 52.7 Å². The van der Waals surface area contributed by atoms with E-state index in [0.717, 1.165) is 0 Å². The fourth-order valence-electron chi connectivity index (χ4n) is 2.03. The molecule has 0 aromatic carbocycles. The van der Waals surface area contributed by atoms with Crippen molar-refractivity contribution in [2.45, 2.75) is 36.4 Å². The average Bonchev–Trinajstić information content (AvgIpc) is 2.33. The maximum absolute atomic E-state index is 12.8. The van der Waals surface area contributed by atoms with Crippen molar-refractivity contribution in [2.75, 3.05) is 20.4 Å². The standard InChI is InChI=1S/C9H9F12O4P/c1-22-26(23-2,24-4(6(10,11)12)7(13,14)15)3-5(25-26,8(16,17)18)9(19,20)21/h4H,3H2,1-2H3. The van der Waals surface area contributed by atoms with E-state index in [0.29, 0.717) is 0 Å². The van der Waals surface area contributed by atoms with Crippen molar-refractivity contribution in [1.29, 1.82) is 0 Å². The van der Waals surface area contributed by atoms with Crippen LogP contribution in [0.1, 0.15) is 0 Å². The molecule has 17 heteroatoms. The first kappa shape index (κ1) is 23.5. The Labute approximate surface area is 136 Å². The first-order valence-corrected chi connectivity index (χ1v) is 8.09. The van der Waals surface area contributed by atoms with Crippen LogP contribution in [0.5, 0.6) is 0 Å². The molecular weight excluding hydrogens is 431 g/mol. The molecule has 0 spiro atoms. The van der Waals surface area contributed by atoms with Gasteiger partial charge in [-0.3, -0.25) is 0 Å². The summed E-state index contributed by atoms with van der Waals surface area (Å²) < 4.78 is 167. The van der Waals surface area contributed by atoms with Crippen molar-refractivity contribution in [3.05, 3.63) is 0 Å². The average molecular weight is 440 g/mol.